The van der Waals surface area contributed by atoms with E-state index in [1.54, 1.807) is 18.2 Å². The van der Waals surface area contributed by atoms with Crippen LogP contribution in [0.5, 0.6) is 0 Å². The molecule has 0 aliphatic carbocycles. The van der Waals surface area contributed by atoms with Gasteiger partial charge in [-0.15, -0.1) is 0 Å². The molecule has 0 spiro atoms. The Morgan fingerprint density at radius 2 is 1.68 bits per heavy atom. The number of rotatable bonds is 3. The Kier molecular flexibility index (Phi) is 4.16. The molecule has 128 valence electrons. The predicted molar refractivity (Wildman–Crippen MR) is 84.7 cm³/mol. The minimum atomic E-state index is -4.81. The van der Waals surface area contributed by atoms with E-state index in [1.165, 1.54) is 22.9 Å². The highest BCUT2D eigenvalue weighted by Gasteiger charge is 2.34. The Bertz CT molecular complexity index is 1020. The van der Waals surface area contributed by atoms with Crippen LogP contribution in [0, 0.1) is 5.82 Å². The number of halogens is 4. The SMILES string of the molecule is O=CCn1ccc2ccc(-c3ccc(F)c(C(F)(F)F)c3)cc2c1=O. The normalized spacial score (nSPS) is 11.7. The van der Waals surface area contributed by atoms with Crippen molar-refractivity contribution in [1.82, 2.24) is 4.57 Å². The summed E-state index contributed by atoms with van der Waals surface area (Å²) in [4.78, 5) is 23.0. The van der Waals surface area contributed by atoms with Gasteiger partial charge in [0, 0.05) is 11.6 Å². The molecule has 0 saturated heterocycles. The van der Waals surface area contributed by atoms with Crippen LogP contribution in [0.25, 0.3) is 21.9 Å². The second-order valence-electron chi connectivity index (χ2n) is 5.43. The number of aromatic nitrogens is 1. The molecule has 3 nitrogen and oxygen atoms in total. The minimum Gasteiger partial charge on any atom is -0.308 e. The maximum absolute atomic E-state index is 13.4. The van der Waals surface area contributed by atoms with E-state index in [4.69, 9.17) is 0 Å². The van der Waals surface area contributed by atoms with Crippen LogP contribution in [0.4, 0.5) is 17.6 Å². The van der Waals surface area contributed by atoms with Crippen LogP contribution in [0.3, 0.4) is 0 Å². The van der Waals surface area contributed by atoms with Gasteiger partial charge in [0.25, 0.3) is 5.56 Å². The van der Waals surface area contributed by atoms with Crippen molar-refractivity contribution in [2.45, 2.75) is 12.7 Å². The lowest BCUT2D eigenvalue weighted by Crippen LogP contribution is -2.20. The van der Waals surface area contributed by atoms with Crippen molar-refractivity contribution in [3.63, 3.8) is 0 Å². The lowest BCUT2D eigenvalue weighted by molar-refractivity contribution is -0.139. The van der Waals surface area contributed by atoms with Crippen molar-refractivity contribution < 1.29 is 22.4 Å². The molecule has 0 atom stereocenters. The molecule has 25 heavy (non-hydrogen) atoms. The topological polar surface area (TPSA) is 39.1 Å². The van der Waals surface area contributed by atoms with Crippen LogP contribution in [0.2, 0.25) is 0 Å². The first-order valence-corrected chi connectivity index (χ1v) is 7.25. The third kappa shape index (κ3) is 3.17. The van der Waals surface area contributed by atoms with Crippen molar-refractivity contribution in [3.05, 3.63) is 70.4 Å². The molecule has 3 aromatic rings. The van der Waals surface area contributed by atoms with Crippen molar-refractivity contribution >= 4 is 17.1 Å². The zero-order chi connectivity index (χ0) is 18.2. The Labute approximate surface area is 139 Å². The molecule has 7 heteroatoms. The van der Waals surface area contributed by atoms with Crippen molar-refractivity contribution in [1.29, 1.82) is 0 Å². The van der Waals surface area contributed by atoms with Gasteiger partial charge in [-0.25, -0.2) is 4.39 Å². The summed E-state index contributed by atoms with van der Waals surface area (Å²) in [7, 11) is 0. The lowest BCUT2D eigenvalue weighted by Gasteiger charge is -2.11. The van der Waals surface area contributed by atoms with Crippen LogP contribution in [0.1, 0.15) is 5.56 Å². The molecule has 0 fully saturated rings. The highest BCUT2D eigenvalue weighted by Crippen LogP contribution is 2.34. The third-order valence-corrected chi connectivity index (χ3v) is 3.85. The van der Waals surface area contributed by atoms with E-state index in [2.05, 4.69) is 0 Å². The number of alkyl halides is 3. The Morgan fingerprint density at radius 3 is 2.36 bits per heavy atom. The smallest absolute Gasteiger partial charge is 0.308 e. The molecule has 0 unspecified atom stereocenters. The Hall–Kier alpha value is -2.96. The number of benzene rings is 2. The molecule has 0 amide bonds. The number of fused-ring (bicyclic) bond motifs is 1. The summed E-state index contributed by atoms with van der Waals surface area (Å²) in [6, 6.07) is 8.90. The minimum absolute atomic E-state index is 0.117. The predicted octanol–water partition coefficient (Wildman–Crippen LogP) is 4.03. The first-order chi connectivity index (χ1) is 11.8. The van der Waals surface area contributed by atoms with Crippen molar-refractivity contribution in [2.75, 3.05) is 0 Å². The van der Waals surface area contributed by atoms with Crippen LogP contribution in [-0.2, 0) is 17.5 Å². The van der Waals surface area contributed by atoms with Gasteiger partial charge in [-0.3, -0.25) is 4.79 Å². The molecular weight excluding hydrogens is 338 g/mol. The van der Waals surface area contributed by atoms with Gasteiger partial charge in [0.2, 0.25) is 0 Å². The molecule has 2 aromatic carbocycles. The zero-order valence-electron chi connectivity index (χ0n) is 12.7. The van der Waals surface area contributed by atoms with E-state index in [-0.39, 0.29) is 17.5 Å². The maximum atomic E-state index is 13.4. The second-order valence-corrected chi connectivity index (χ2v) is 5.43. The van der Waals surface area contributed by atoms with Gasteiger partial charge in [-0.2, -0.15) is 13.2 Å². The van der Waals surface area contributed by atoms with Crippen molar-refractivity contribution in [3.8, 4) is 11.1 Å². The molecule has 0 aliphatic heterocycles. The highest BCUT2D eigenvalue weighted by atomic mass is 19.4. The van der Waals surface area contributed by atoms with Crippen LogP contribution in [-0.4, -0.2) is 10.9 Å². The number of aldehydes is 1. The monoisotopic (exact) mass is 349 g/mol. The zero-order valence-corrected chi connectivity index (χ0v) is 12.7. The van der Waals surface area contributed by atoms with Gasteiger partial charge in [0.05, 0.1) is 12.1 Å². The summed E-state index contributed by atoms with van der Waals surface area (Å²) >= 11 is 0. The highest BCUT2D eigenvalue weighted by molar-refractivity contribution is 5.86. The van der Waals surface area contributed by atoms with Gasteiger partial charge in [-0.05, 0) is 40.8 Å². The fraction of sp³-hybridized carbons (Fsp3) is 0.111. The van der Waals surface area contributed by atoms with E-state index >= 15 is 0 Å². The number of hydrogen-bond acceptors (Lipinski definition) is 2. The summed E-state index contributed by atoms with van der Waals surface area (Å²) in [6.45, 7) is -0.117. The number of carbonyl (C=O) groups excluding carboxylic acids is 1. The van der Waals surface area contributed by atoms with Gasteiger partial charge in [0.1, 0.15) is 12.1 Å². The van der Waals surface area contributed by atoms with Crippen LogP contribution in [0.15, 0.2) is 53.5 Å². The second kappa shape index (κ2) is 6.16. The summed E-state index contributed by atoms with van der Waals surface area (Å²) in [5, 5.41) is 0.855. The molecule has 1 heterocycles. The van der Waals surface area contributed by atoms with Gasteiger partial charge in [-0.1, -0.05) is 18.2 Å². The van der Waals surface area contributed by atoms with E-state index in [1.807, 2.05) is 0 Å². The largest absolute Gasteiger partial charge is 0.419 e. The van der Waals surface area contributed by atoms with Crippen molar-refractivity contribution in [2.24, 2.45) is 0 Å². The first-order valence-electron chi connectivity index (χ1n) is 7.25. The molecule has 0 aliphatic rings. The van der Waals surface area contributed by atoms with E-state index < -0.39 is 23.1 Å². The molecule has 1 aromatic heterocycles. The third-order valence-electron chi connectivity index (χ3n) is 3.85. The molecular formula is C18H11F4NO2. The summed E-state index contributed by atoms with van der Waals surface area (Å²) in [5.41, 5.74) is -1.30. The summed E-state index contributed by atoms with van der Waals surface area (Å²) in [6.07, 6.45) is -2.77. The fourth-order valence-electron chi connectivity index (χ4n) is 2.61. The number of pyridine rings is 1. The standard InChI is InChI=1S/C18H11F4NO2/c19-16-4-3-13(10-15(16)18(20,21)22)12-2-1-11-5-6-23(7-8-24)17(25)14(11)9-12/h1-6,8-10H,7H2. The number of carbonyl (C=O) groups is 1. The molecule has 3 rings (SSSR count). The quantitative estimate of drug-likeness (QED) is 0.529. The Balaban J connectivity index is 2.18. The molecule has 0 N–H and O–H groups in total. The molecule has 0 saturated carbocycles. The number of hydrogen-bond donors (Lipinski definition) is 0. The van der Waals surface area contributed by atoms with Gasteiger partial charge >= 0.3 is 6.18 Å². The molecule has 0 bridgehead atoms. The van der Waals surface area contributed by atoms with E-state index in [0.29, 0.717) is 23.3 Å². The average Bonchev–Trinajstić information content (AvgIpc) is 2.57. The maximum Gasteiger partial charge on any atom is 0.419 e. The average molecular weight is 349 g/mol. The summed E-state index contributed by atoms with van der Waals surface area (Å²) < 4.78 is 53.2. The van der Waals surface area contributed by atoms with Crippen LogP contribution >= 0.6 is 0 Å². The fourth-order valence-corrected chi connectivity index (χ4v) is 2.61. The number of nitrogens with zero attached hydrogens (tertiary/aromatic N) is 1. The van der Waals surface area contributed by atoms with E-state index in [9.17, 15) is 27.2 Å². The lowest BCUT2D eigenvalue weighted by atomic mass is 10.00. The molecule has 0 radical (unpaired) electrons. The summed E-state index contributed by atoms with van der Waals surface area (Å²) in [5.74, 6) is -1.36. The first kappa shape index (κ1) is 16.9. The van der Waals surface area contributed by atoms with Gasteiger partial charge in [0.15, 0.2) is 0 Å². The Morgan fingerprint density at radius 1 is 1.00 bits per heavy atom. The van der Waals surface area contributed by atoms with Crippen LogP contribution < -0.4 is 5.56 Å². The van der Waals surface area contributed by atoms with Gasteiger partial charge < -0.3 is 9.36 Å². The van der Waals surface area contributed by atoms with E-state index in [0.717, 1.165) is 6.07 Å².